The quantitative estimate of drug-likeness (QED) is 0.704. The second-order valence-electron chi connectivity index (χ2n) is 6.09. The van der Waals surface area contributed by atoms with Crippen LogP contribution in [0.4, 0.5) is 5.82 Å². The number of fused-ring (bicyclic) bond motifs is 1. The van der Waals surface area contributed by atoms with E-state index in [2.05, 4.69) is 9.97 Å². The molecule has 0 aliphatic carbocycles. The van der Waals surface area contributed by atoms with Gasteiger partial charge < -0.3 is 9.80 Å². The molecule has 26 heavy (non-hydrogen) atoms. The van der Waals surface area contributed by atoms with Crippen LogP contribution in [0.2, 0.25) is 0 Å². The summed E-state index contributed by atoms with van der Waals surface area (Å²) in [5.74, 6) is 0.497. The summed E-state index contributed by atoms with van der Waals surface area (Å²) in [4.78, 5) is 38.7. The average Bonchev–Trinajstić information content (AvgIpc) is 3.22. The number of anilines is 1. The normalized spacial score (nSPS) is 14.8. The minimum absolute atomic E-state index is 0.0567. The van der Waals surface area contributed by atoms with Crippen LogP contribution in [0.1, 0.15) is 16.6 Å². The third-order valence-electron chi connectivity index (χ3n) is 4.60. The van der Waals surface area contributed by atoms with Gasteiger partial charge in [-0.05, 0) is 30.5 Å². The van der Waals surface area contributed by atoms with Gasteiger partial charge in [-0.3, -0.25) is 14.2 Å². The van der Waals surface area contributed by atoms with Crippen molar-refractivity contribution in [2.75, 3.05) is 31.1 Å². The van der Waals surface area contributed by atoms with E-state index in [0.717, 1.165) is 4.88 Å². The lowest BCUT2D eigenvalue weighted by atomic mass is 10.3. The van der Waals surface area contributed by atoms with Crippen LogP contribution >= 0.6 is 11.3 Å². The van der Waals surface area contributed by atoms with Gasteiger partial charge in [-0.1, -0.05) is 6.07 Å². The molecule has 3 aromatic rings. The topological polar surface area (TPSA) is 71.3 Å². The lowest BCUT2D eigenvalue weighted by Crippen LogP contribution is -2.50. The van der Waals surface area contributed by atoms with E-state index in [1.165, 1.54) is 11.3 Å². The maximum Gasteiger partial charge on any atom is 0.295 e. The Kier molecular flexibility index (Phi) is 4.42. The first kappa shape index (κ1) is 16.7. The molecular weight excluding hydrogens is 350 g/mol. The number of aromatic nitrogens is 3. The van der Waals surface area contributed by atoms with Gasteiger partial charge in [0.15, 0.2) is 11.5 Å². The fourth-order valence-electron chi connectivity index (χ4n) is 3.24. The van der Waals surface area contributed by atoms with Crippen molar-refractivity contribution in [2.24, 2.45) is 0 Å². The van der Waals surface area contributed by atoms with Gasteiger partial charge in [0.2, 0.25) is 0 Å². The molecule has 3 aromatic heterocycles. The van der Waals surface area contributed by atoms with Gasteiger partial charge >= 0.3 is 0 Å². The molecule has 0 N–H and O–H groups in total. The van der Waals surface area contributed by atoms with Crippen molar-refractivity contribution in [3.63, 3.8) is 0 Å². The molecule has 0 radical (unpaired) electrons. The Bertz CT molecular complexity index is 990. The van der Waals surface area contributed by atoms with E-state index in [0.29, 0.717) is 49.7 Å². The molecule has 1 fully saturated rings. The van der Waals surface area contributed by atoms with Crippen LogP contribution < -0.4 is 10.5 Å². The highest BCUT2D eigenvalue weighted by Gasteiger charge is 2.25. The highest BCUT2D eigenvalue weighted by atomic mass is 32.1. The van der Waals surface area contributed by atoms with Gasteiger partial charge in [0, 0.05) is 38.9 Å². The van der Waals surface area contributed by atoms with Crippen LogP contribution in [0, 0.1) is 0 Å². The van der Waals surface area contributed by atoms with Crippen molar-refractivity contribution in [2.45, 2.75) is 13.5 Å². The highest BCUT2D eigenvalue weighted by Crippen LogP contribution is 2.17. The minimum atomic E-state index is -0.128. The van der Waals surface area contributed by atoms with Gasteiger partial charge in [-0.25, -0.2) is 9.97 Å². The van der Waals surface area contributed by atoms with Crippen LogP contribution in [0.25, 0.3) is 11.2 Å². The van der Waals surface area contributed by atoms with E-state index in [1.54, 1.807) is 10.8 Å². The number of pyridine rings is 1. The summed E-state index contributed by atoms with van der Waals surface area (Å²) in [7, 11) is 0. The van der Waals surface area contributed by atoms with Crippen molar-refractivity contribution in [3.8, 4) is 0 Å². The first-order chi connectivity index (χ1) is 12.7. The summed E-state index contributed by atoms with van der Waals surface area (Å²) in [6.45, 7) is 4.81. The Balaban J connectivity index is 1.59. The molecule has 1 aliphatic heterocycles. The number of rotatable bonds is 3. The van der Waals surface area contributed by atoms with Crippen molar-refractivity contribution in [1.82, 2.24) is 19.4 Å². The Morgan fingerprint density at radius 1 is 1.19 bits per heavy atom. The highest BCUT2D eigenvalue weighted by molar-refractivity contribution is 7.12. The lowest BCUT2D eigenvalue weighted by molar-refractivity contribution is 0.0751. The van der Waals surface area contributed by atoms with E-state index < -0.39 is 0 Å². The van der Waals surface area contributed by atoms with Gasteiger partial charge in [0.05, 0.1) is 4.88 Å². The van der Waals surface area contributed by atoms with E-state index in [1.807, 2.05) is 46.4 Å². The largest absolute Gasteiger partial charge is 0.348 e. The first-order valence-electron chi connectivity index (χ1n) is 8.62. The molecule has 0 spiro atoms. The second kappa shape index (κ2) is 6.87. The number of carbonyl (C=O) groups excluding carboxylic acids is 1. The van der Waals surface area contributed by atoms with Crippen molar-refractivity contribution < 1.29 is 4.79 Å². The van der Waals surface area contributed by atoms with Crippen molar-refractivity contribution in [3.05, 3.63) is 51.1 Å². The number of thiophene rings is 1. The molecule has 1 saturated heterocycles. The molecule has 1 amide bonds. The fraction of sp³-hybridized carbons (Fsp3) is 0.333. The zero-order chi connectivity index (χ0) is 18.1. The zero-order valence-corrected chi connectivity index (χ0v) is 15.3. The standard InChI is InChI=1S/C18H19N5O2S/c1-2-23-15-13(5-3-7-19-15)20-16(18(23)25)21-8-10-22(11-9-21)17(24)14-6-4-12-26-14/h3-7,12H,2,8-11H2,1H3. The van der Waals surface area contributed by atoms with E-state index in [4.69, 9.17) is 0 Å². The number of hydrogen-bond acceptors (Lipinski definition) is 6. The first-order valence-corrected chi connectivity index (χ1v) is 9.50. The molecule has 4 rings (SSSR count). The average molecular weight is 369 g/mol. The second-order valence-corrected chi connectivity index (χ2v) is 7.04. The third-order valence-corrected chi connectivity index (χ3v) is 5.46. The summed E-state index contributed by atoms with van der Waals surface area (Å²) in [6.07, 6.45) is 1.67. The Morgan fingerprint density at radius 2 is 2.00 bits per heavy atom. The molecular formula is C18H19N5O2S. The molecule has 1 aliphatic rings. The maximum absolute atomic E-state index is 12.9. The van der Waals surface area contributed by atoms with Crippen molar-refractivity contribution >= 4 is 34.2 Å². The zero-order valence-electron chi connectivity index (χ0n) is 14.5. The van der Waals surface area contributed by atoms with Gasteiger partial charge in [0.1, 0.15) is 5.52 Å². The molecule has 0 aromatic carbocycles. The van der Waals surface area contributed by atoms with Gasteiger partial charge in [0.25, 0.3) is 11.5 Å². The van der Waals surface area contributed by atoms with Crippen molar-refractivity contribution in [1.29, 1.82) is 0 Å². The molecule has 4 heterocycles. The predicted octanol–water partition coefficient (Wildman–Crippen LogP) is 1.84. The summed E-state index contributed by atoms with van der Waals surface area (Å²) >= 11 is 1.45. The molecule has 0 saturated carbocycles. The monoisotopic (exact) mass is 369 g/mol. The number of piperazine rings is 1. The SMILES string of the molecule is CCn1c(=O)c(N2CCN(C(=O)c3cccs3)CC2)nc2cccnc21. The smallest absolute Gasteiger partial charge is 0.295 e. The number of nitrogens with zero attached hydrogens (tertiary/aromatic N) is 5. The Morgan fingerprint density at radius 3 is 2.69 bits per heavy atom. The number of amides is 1. The predicted molar refractivity (Wildman–Crippen MR) is 102 cm³/mol. The number of carbonyl (C=O) groups is 1. The fourth-order valence-corrected chi connectivity index (χ4v) is 3.93. The number of hydrogen-bond donors (Lipinski definition) is 0. The van der Waals surface area contributed by atoms with Gasteiger partial charge in [-0.15, -0.1) is 11.3 Å². The van der Waals surface area contributed by atoms with Crippen LogP contribution in [-0.4, -0.2) is 51.5 Å². The molecule has 7 nitrogen and oxygen atoms in total. The number of aryl methyl sites for hydroxylation is 1. The molecule has 0 bridgehead atoms. The minimum Gasteiger partial charge on any atom is -0.348 e. The van der Waals surface area contributed by atoms with Crippen LogP contribution in [-0.2, 0) is 6.54 Å². The van der Waals surface area contributed by atoms with E-state index in [9.17, 15) is 9.59 Å². The van der Waals surface area contributed by atoms with Crippen LogP contribution in [0.3, 0.4) is 0 Å². The summed E-state index contributed by atoms with van der Waals surface area (Å²) in [6, 6.07) is 7.42. The lowest BCUT2D eigenvalue weighted by Gasteiger charge is -2.35. The molecule has 8 heteroatoms. The Hall–Kier alpha value is -2.74. The summed E-state index contributed by atoms with van der Waals surface area (Å²) < 4.78 is 1.65. The molecule has 0 unspecified atom stereocenters. The van der Waals surface area contributed by atoms with E-state index in [-0.39, 0.29) is 11.5 Å². The Labute approximate surface area is 154 Å². The van der Waals surface area contributed by atoms with Gasteiger partial charge in [-0.2, -0.15) is 0 Å². The maximum atomic E-state index is 12.9. The van der Waals surface area contributed by atoms with E-state index >= 15 is 0 Å². The summed E-state index contributed by atoms with van der Waals surface area (Å²) in [5.41, 5.74) is 1.19. The molecule has 0 atom stereocenters. The van der Waals surface area contributed by atoms with Crippen LogP contribution in [0.5, 0.6) is 0 Å². The molecule has 134 valence electrons. The van der Waals surface area contributed by atoms with Crippen LogP contribution in [0.15, 0.2) is 40.6 Å². The summed E-state index contributed by atoms with van der Waals surface area (Å²) in [5, 5.41) is 1.91. The third kappa shape index (κ3) is 2.86.